The SMILES string of the molecule is CC(=O)c1c(C)n(CCCN2C3CCC2CC(CCc2ccccc2)C3)c2c(Br)cccc12. The zero-order chi connectivity index (χ0) is 22.9. The number of fused-ring (bicyclic) bond motifs is 3. The molecule has 2 unspecified atom stereocenters. The topological polar surface area (TPSA) is 25.2 Å². The molecule has 2 atom stereocenters. The zero-order valence-corrected chi connectivity index (χ0v) is 21.5. The molecule has 2 aliphatic heterocycles. The summed E-state index contributed by atoms with van der Waals surface area (Å²) in [5, 5.41) is 1.08. The molecule has 3 heterocycles. The molecular formula is C29H35BrN2O. The Kier molecular flexibility index (Phi) is 6.76. The number of rotatable bonds is 8. The maximum Gasteiger partial charge on any atom is 0.162 e. The maximum absolute atomic E-state index is 12.4. The Morgan fingerprint density at radius 2 is 1.73 bits per heavy atom. The Bertz CT molecular complexity index is 1120. The number of nitrogens with zero attached hydrogens (tertiary/aromatic N) is 2. The summed E-state index contributed by atoms with van der Waals surface area (Å²) in [6, 6.07) is 18.7. The van der Waals surface area contributed by atoms with Crippen molar-refractivity contribution in [3.05, 3.63) is 69.8 Å². The van der Waals surface area contributed by atoms with Crippen LogP contribution in [0.15, 0.2) is 53.0 Å². The van der Waals surface area contributed by atoms with Crippen molar-refractivity contribution in [3.63, 3.8) is 0 Å². The van der Waals surface area contributed by atoms with Gasteiger partial charge in [-0.1, -0.05) is 42.5 Å². The van der Waals surface area contributed by atoms with Crippen molar-refractivity contribution in [3.8, 4) is 0 Å². The van der Waals surface area contributed by atoms with Crippen LogP contribution < -0.4 is 0 Å². The molecule has 3 aromatic rings. The Hall–Kier alpha value is -1.91. The summed E-state index contributed by atoms with van der Waals surface area (Å²) in [6.45, 7) is 5.92. The third-order valence-corrected chi connectivity index (χ3v) is 8.75. The smallest absolute Gasteiger partial charge is 0.162 e. The zero-order valence-electron chi connectivity index (χ0n) is 19.9. The molecule has 2 bridgehead atoms. The van der Waals surface area contributed by atoms with Crippen molar-refractivity contribution in [2.45, 2.75) is 77.4 Å². The number of aromatic nitrogens is 1. The van der Waals surface area contributed by atoms with E-state index >= 15 is 0 Å². The van der Waals surface area contributed by atoms with Gasteiger partial charge in [-0.2, -0.15) is 0 Å². The standard InChI is InChI=1S/C29H35BrN2O/c1-20-28(21(2)33)26-10-6-11-27(30)29(26)31(20)16-7-17-32-24-14-15-25(32)19-23(18-24)13-12-22-8-4-3-5-9-22/h3-6,8-11,23-25H,7,12-19H2,1-2H3. The quantitative estimate of drug-likeness (QED) is 0.302. The van der Waals surface area contributed by atoms with Crippen molar-refractivity contribution in [2.75, 3.05) is 6.54 Å². The molecule has 0 N–H and O–H groups in total. The van der Waals surface area contributed by atoms with E-state index in [4.69, 9.17) is 0 Å². The van der Waals surface area contributed by atoms with Gasteiger partial charge in [0, 0.05) is 46.3 Å². The van der Waals surface area contributed by atoms with Crippen LogP contribution in [0.5, 0.6) is 0 Å². The molecule has 0 amide bonds. The normalized spacial score (nSPS) is 22.8. The number of hydrogen-bond donors (Lipinski definition) is 0. The van der Waals surface area contributed by atoms with Crippen LogP contribution in [0.25, 0.3) is 10.9 Å². The van der Waals surface area contributed by atoms with Crippen molar-refractivity contribution in [2.24, 2.45) is 5.92 Å². The number of piperidine rings is 1. The molecule has 0 spiro atoms. The number of para-hydroxylation sites is 1. The minimum Gasteiger partial charge on any atom is -0.343 e. The Morgan fingerprint density at radius 3 is 2.42 bits per heavy atom. The van der Waals surface area contributed by atoms with Gasteiger partial charge in [0.15, 0.2) is 5.78 Å². The second-order valence-corrected chi connectivity index (χ2v) is 11.0. The largest absolute Gasteiger partial charge is 0.343 e. The molecule has 33 heavy (non-hydrogen) atoms. The van der Waals surface area contributed by atoms with Gasteiger partial charge >= 0.3 is 0 Å². The fourth-order valence-corrected chi connectivity index (χ4v) is 7.21. The van der Waals surface area contributed by atoms with Crippen molar-refractivity contribution in [1.29, 1.82) is 0 Å². The lowest BCUT2D eigenvalue weighted by Crippen LogP contribution is -2.43. The molecule has 5 rings (SSSR count). The van der Waals surface area contributed by atoms with Gasteiger partial charge in [0.05, 0.1) is 5.52 Å². The number of Topliss-reactive ketones (excluding diaryl/α,β-unsaturated/α-hetero) is 1. The van der Waals surface area contributed by atoms with Crippen LogP contribution >= 0.6 is 15.9 Å². The molecule has 174 valence electrons. The molecule has 2 fully saturated rings. The van der Waals surface area contributed by atoms with E-state index in [-0.39, 0.29) is 5.78 Å². The van der Waals surface area contributed by atoms with Crippen LogP contribution in [-0.2, 0) is 13.0 Å². The molecule has 0 saturated carbocycles. The number of halogens is 1. The van der Waals surface area contributed by atoms with Gasteiger partial charge in [-0.15, -0.1) is 0 Å². The number of ketones is 1. The van der Waals surface area contributed by atoms with Crippen LogP contribution in [0.3, 0.4) is 0 Å². The highest BCUT2D eigenvalue weighted by Crippen LogP contribution is 2.40. The van der Waals surface area contributed by atoms with Crippen molar-refractivity contribution in [1.82, 2.24) is 9.47 Å². The number of carbonyl (C=O) groups is 1. The monoisotopic (exact) mass is 506 g/mol. The third-order valence-electron chi connectivity index (χ3n) is 8.11. The highest BCUT2D eigenvalue weighted by molar-refractivity contribution is 9.10. The first-order valence-corrected chi connectivity index (χ1v) is 13.4. The lowest BCUT2D eigenvalue weighted by Gasteiger charge is -2.39. The maximum atomic E-state index is 12.4. The number of aryl methyl sites for hydroxylation is 2. The molecular weight excluding hydrogens is 472 g/mol. The van der Waals surface area contributed by atoms with E-state index in [9.17, 15) is 4.79 Å². The lowest BCUT2D eigenvalue weighted by atomic mass is 9.86. The van der Waals surface area contributed by atoms with E-state index in [0.29, 0.717) is 0 Å². The summed E-state index contributed by atoms with van der Waals surface area (Å²) in [4.78, 5) is 15.2. The predicted molar refractivity (Wildman–Crippen MR) is 140 cm³/mol. The minimum atomic E-state index is 0.157. The molecule has 2 saturated heterocycles. The Balaban J connectivity index is 1.22. The first-order valence-electron chi connectivity index (χ1n) is 12.6. The number of benzene rings is 2. The average Bonchev–Trinajstić information content (AvgIpc) is 3.22. The van der Waals surface area contributed by atoms with E-state index in [2.05, 4.69) is 74.8 Å². The fraction of sp³-hybridized carbons (Fsp3) is 0.483. The predicted octanol–water partition coefficient (Wildman–Crippen LogP) is 7.18. The summed E-state index contributed by atoms with van der Waals surface area (Å²) < 4.78 is 3.44. The van der Waals surface area contributed by atoms with Crippen molar-refractivity contribution >= 4 is 32.6 Å². The molecule has 4 heteroatoms. The second kappa shape index (κ2) is 9.76. The van der Waals surface area contributed by atoms with Gasteiger partial charge in [0.1, 0.15) is 0 Å². The molecule has 3 nitrogen and oxygen atoms in total. The summed E-state index contributed by atoms with van der Waals surface area (Å²) in [6.07, 6.45) is 9.17. The molecule has 0 radical (unpaired) electrons. The number of hydrogen-bond acceptors (Lipinski definition) is 2. The lowest BCUT2D eigenvalue weighted by molar-refractivity contribution is 0.0978. The average molecular weight is 508 g/mol. The highest BCUT2D eigenvalue weighted by atomic mass is 79.9. The highest BCUT2D eigenvalue weighted by Gasteiger charge is 2.39. The van der Waals surface area contributed by atoms with Gasteiger partial charge in [0.25, 0.3) is 0 Å². The third kappa shape index (κ3) is 4.57. The summed E-state index contributed by atoms with van der Waals surface area (Å²) in [5.41, 5.74) is 4.64. The van der Waals surface area contributed by atoms with Crippen LogP contribution in [0.1, 0.15) is 67.1 Å². The van der Waals surface area contributed by atoms with Gasteiger partial charge < -0.3 is 4.57 Å². The van der Waals surface area contributed by atoms with Crippen LogP contribution in [0, 0.1) is 12.8 Å². The van der Waals surface area contributed by atoms with E-state index in [1.54, 1.807) is 6.92 Å². The summed E-state index contributed by atoms with van der Waals surface area (Å²) >= 11 is 3.74. The molecule has 1 aromatic heterocycles. The Morgan fingerprint density at radius 1 is 1.00 bits per heavy atom. The van der Waals surface area contributed by atoms with Gasteiger partial charge in [-0.3, -0.25) is 9.69 Å². The van der Waals surface area contributed by atoms with E-state index in [0.717, 1.165) is 52.1 Å². The van der Waals surface area contributed by atoms with E-state index in [1.165, 1.54) is 56.1 Å². The fourth-order valence-electron chi connectivity index (χ4n) is 6.63. The first-order chi connectivity index (χ1) is 16.0. The molecule has 2 aromatic carbocycles. The second-order valence-electron chi connectivity index (χ2n) is 10.1. The van der Waals surface area contributed by atoms with Crippen LogP contribution in [0.2, 0.25) is 0 Å². The first kappa shape index (κ1) is 22.9. The molecule has 0 aliphatic carbocycles. The minimum absolute atomic E-state index is 0.157. The molecule has 2 aliphatic rings. The van der Waals surface area contributed by atoms with Crippen molar-refractivity contribution < 1.29 is 4.79 Å². The van der Waals surface area contributed by atoms with Crippen LogP contribution in [0.4, 0.5) is 0 Å². The summed E-state index contributed by atoms with van der Waals surface area (Å²) in [7, 11) is 0. The Labute approximate surface area is 206 Å². The van der Waals surface area contributed by atoms with Gasteiger partial charge in [-0.25, -0.2) is 0 Å². The van der Waals surface area contributed by atoms with E-state index in [1.807, 2.05) is 6.07 Å². The van der Waals surface area contributed by atoms with E-state index < -0.39 is 0 Å². The van der Waals surface area contributed by atoms with Gasteiger partial charge in [0.2, 0.25) is 0 Å². The summed E-state index contributed by atoms with van der Waals surface area (Å²) in [5.74, 6) is 1.04. The van der Waals surface area contributed by atoms with Crippen LogP contribution in [-0.4, -0.2) is 33.9 Å². The van der Waals surface area contributed by atoms with Gasteiger partial charge in [-0.05, 0) is 92.3 Å². The number of carbonyl (C=O) groups excluding carboxylic acids is 1.